The molecule has 0 spiro atoms. The second-order valence-electron chi connectivity index (χ2n) is 3.93. The topological polar surface area (TPSA) is 37.8 Å². The maximum absolute atomic E-state index is 4.42. The molecule has 3 nitrogen and oxygen atoms in total. The molecule has 0 saturated heterocycles. The van der Waals surface area contributed by atoms with Crippen LogP contribution in [-0.2, 0) is 6.54 Å². The predicted molar refractivity (Wildman–Crippen MR) is 73.0 cm³/mol. The van der Waals surface area contributed by atoms with E-state index in [4.69, 9.17) is 0 Å². The van der Waals surface area contributed by atoms with Gasteiger partial charge in [0.25, 0.3) is 0 Å². The molecule has 0 atom stereocenters. The van der Waals surface area contributed by atoms with Crippen molar-refractivity contribution >= 4 is 21.7 Å². The Labute approximate surface area is 109 Å². The monoisotopic (exact) mass is 291 g/mol. The number of hydrogen-bond donors (Lipinski definition) is 1. The predicted octanol–water partition coefficient (Wildman–Crippen LogP) is 3.47. The van der Waals surface area contributed by atoms with E-state index in [2.05, 4.69) is 43.3 Å². The van der Waals surface area contributed by atoms with Crippen molar-refractivity contribution < 1.29 is 0 Å². The number of aromatic nitrogens is 2. The van der Waals surface area contributed by atoms with Crippen molar-refractivity contribution in [1.82, 2.24) is 9.97 Å². The number of aryl methyl sites for hydroxylation is 2. The van der Waals surface area contributed by atoms with Gasteiger partial charge in [-0.1, -0.05) is 28.1 Å². The Morgan fingerprint density at radius 3 is 2.59 bits per heavy atom. The van der Waals surface area contributed by atoms with Gasteiger partial charge in [0, 0.05) is 17.2 Å². The molecule has 4 heteroatoms. The van der Waals surface area contributed by atoms with Crippen LogP contribution in [0.25, 0.3) is 0 Å². The third-order valence-corrected chi connectivity index (χ3v) is 2.98. The van der Waals surface area contributed by atoms with Crippen molar-refractivity contribution in [3.05, 3.63) is 51.9 Å². The molecule has 0 amide bonds. The molecular weight excluding hydrogens is 278 g/mol. The van der Waals surface area contributed by atoms with Crippen molar-refractivity contribution in [2.24, 2.45) is 0 Å². The number of hydrogen-bond acceptors (Lipinski definition) is 3. The summed E-state index contributed by atoms with van der Waals surface area (Å²) in [5.74, 6) is 0.855. The minimum absolute atomic E-state index is 0.756. The van der Waals surface area contributed by atoms with Crippen LogP contribution in [0, 0.1) is 13.8 Å². The smallest absolute Gasteiger partial charge is 0.148 e. The van der Waals surface area contributed by atoms with Gasteiger partial charge in [0.1, 0.15) is 5.82 Å². The van der Waals surface area contributed by atoms with Gasteiger partial charge >= 0.3 is 0 Å². The summed E-state index contributed by atoms with van der Waals surface area (Å²) in [6.45, 7) is 4.65. The second-order valence-corrected chi connectivity index (χ2v) is 4.84. The molecule has 0 aliphatic heterocycles. The maximum atomic E-state index is 4.42. The average Bonchev–Trinajstić information content (AvgIpc) is 2.32. The highest BCUT2D eigenvalue weighted by Crippen LogP contribution is 2.13. The Balaban J connectivity index is 2.07. The molecule has 2 aromatic rings. The lowest BCUT2D eigenvalue weighted by Crippen LogP contribution is -2.05. The highest BCUT2D eigenvalue weighted by atomic mass is 79.9. The van der Waals surface area contributed by atoms with E-state index >= 15 is 0 Å². The lowest BCUT2D eigenvalue weighted by molar-refractivity contribution is 1.02. The minimum Gasteiger partial charge on any atom is -0.364 e. The molecule has 0 fully saturated rings. The van der Waals surface area contributed by atoms with Crippen molar-refractivity contribution in [2.45, 2.75) is 20.4 Å². The first-order valence-corrected chi connectivity index (χ1v) is 6.23. The van der Waals surface area contributed by atoms with Gasteiger partial charge in [0.2, 0.25) is 0 Å². The summed E-state index contributed by atoms with van der Waals surface area (Å²) in [6.07, 6.45) is 1.78. The van der Waals surface area contributed by atoms with Gasteiger partial charge in [-0.05, 0) is 31.5 Å². The van der Waals surface area contributed by atoms with Crippen LogP contribution in [0.2, 0.25) is 0 Å². The number of anilines is 1. The zero-order valence-electron chi connectivity index (χ0n) is 9.87. The lowest BCUT2D eigenvalue weighted by atomic mass is 10.2. The summed E-state index contributed by atoms with van der Waals surface area (Å²) in [5.41, 5.74) is 3.07. The van der Waals surface area contributed by atoms with E-state index < -0.39 is 0 Å². The van der Waals surface area contributed by atoms with Crippen LogP contribution in [0.3, 0.4) is 0 Å². The molecule has 0 unspecified atom stereocenters. The molecule has 0 radical (unpaired) electrons. The first-order chi connectivity index (χ1) is 8.15. The highest BCUT2D eigenvalue weighted by Gasteiger charge is 2.01. The van der Waals surface area contributed by atoms with Crippen LogP contribution < -0.4 is 5.32 Å². The van der Waals surface area contributed by atoms with Gasteiger partial charge in [-0.2, -0.15) is 0 Å². The minimum atomic E-state index is 0.756. The number of halogens is 1. The van der Waals surface area contributed by atoms with E-state index in [0.29, 0.717) is 0 Å². The molecule has 17 heavy (non-hydrogen) atoms. The third-order valence-electron chi connectivity index (χ3n) is 2.45. The van der Waals surface area contributed by atoms with Crippen LogP contribution in [0.1, 0.15) is 17.0 Å². The summed E-state index contributed by atoms with van der Waals surface area (Å²) in [6, 6.07) is 8.23. The Bertz CT molecular complexity index is 509. The largest absolute Gasteiger partial charge is 0.364 e. The Kier molecular flexibility index (Phi) is 3.74. The zero-order chi connectivity index (χ0) is 12.3. The summed E-state index contributed by atoms with van der Waals surface area (Å²) >= 11 is 3.42. The van der Waals surface area contributed by atoms with Gasteiger partial charge in [-0.15, -0.1) is 0 Å². The fourth-order valence-corrected chi connectivity index (χ4v) is 1.76. The van der Waals surface area contributed by atoms with Gasteiger partial charge < -0.3 is 5.32 Å². The van der Waals surface area contributed by atoms with Crippen molar-refractivity contribution in [3.63, 3.8) is 0 Å². The summed E-state index contributed by atoms with van der Waals surface area (Å²) in [5, 5.41) is 3.30. The molecule has 1 aromatic carbocycles. The van der Waals surface area contributed by atoms with Gasteiger partial charge in [0.05, 0.1) is 11.4 Å². The Hall–Kier alpha value is -1.42. The van der Waals surface area contributed by atoms with Gasteiger partial charge in [0.15, 0.2) is 0 Å². The average molecular weight is 292 g/mol. The summed E-state index contributed by atoms with van der Waals surface area (Å²) < 4.78 is 1.09. The van der Waals surface area contributed by atoms with Crippen LogP contribution in [0.15, 0.2) is 34.9 Å². The molecule has 1 heterocycles. The SMILES string of the molecule is Cc1cnc(C)c(NCc2ccc(Br)cc2)n1. The molecular formula is C13H14BrN3. The van der Waals surface area contributed by atoms with Crippen molar-refractivity contribution in [1.29, 1.82) is 0 Å². The zero-order valence-corrected chi connectivity index (χ0v) is 11.5. The van der Waals surface area contributed by atoms with Crippen LogP contribution in [-0.4, -0.2) is 9.97 Å². The van der Waals surface area contributed by atoms with E-state index in [0.717, 1.165) is 28.2 Å². The summed E-state index contributed by atoms with van der Waals surface area (Å²) in [4.78, 5) is 8.70. The van der Waals surface area contributed by atoms with E-state index in [-0.39, 0.29) is 0 Å². The van der Waals surface area contributed by atoms with Crippen molar-refractivity contribution in [2.75, 3.05) is 5.32 Å². The molecule has 0 aliphatic carbocycles. The van der Waals surface area contributed by atoms with Gasteiger partial charge in [-0.25, -0.2) is 4.98 Å². The lowest BCUT2D eigenvalue weighted by Gasteiger charge is -2.08. The number of nitrogens with one attached hydrogen (secondary N) is 1. The molecule has 0 bridgehead atoms. The first-order valence-electron chi connectivity index (χ1n) is 5.44. The van der Waals surface area contributed by atoms with Crippen molar-refractivity contribution in [3.8, 4) is 0 Å². The van der Waals surface area contributed by atoms with E-state index in [9.17, 15) is 0 Å². The summed E-state index contributed by atoms with van der Waals surface area (Å²) in [7, 11) is 0. The number of nitrogens with zero attached hydrogens (tertiary/aromatic N) is 2. The molecule has 0 aliphatic rings. The quantitative estimate of drug-likeness (QED) is 0.941. The molecule has 88 valence electrons. The normalized spacial score (nSPS) is 10.3. The standard InChI is InChI=1S/C13H14BrN3/c1-9-7-15-10(2)13(17-9)16-8-11-3-5-12(14)6-4-11/h3-7H,8H2,1-2H3,(H,16,17). The molecule has 1 aromatic heterocycles. The van der Waals surface area contributed by atoms with Crippen LogP contribution >= 0.6 is 15.9 Å². The van der Waals surface area contributed by atoms with Gasteiger partial charge in [-0.3, -0.25) is 4.98 Å². The van der Waals surface area contributed by atoms with E-state index in [1.54, 1.807) is 6.20 Å². The second kappa shape index (κ2) is 5.27. The van der Waals surface area contributed by atoms with Crippen LogP contribution in [0.4, 0.5) is 5.82 Å². The number of benzene rings is 1. The maximum Gasteiger partial charge on any atom is 0.148 e. The third kappa shape index (κ3) is 3.27. The molecule has 1 N–H and O–H groups in total. The Morgan fingerprint density at radius 1 is 1.18 bits per heavy atom. The number of rotatable bonds is 3. The van der Waals surface area contributed by atoms with Crippen LogP contribution in [0.5, 0.6) is 0 Å². The van der Waals surface area contributed by atoms with E-state index in [1.807, 2.05) is 26.0 Å². The molecule has 0 saturated carbocycles. The Morgan fingerprint density at radius 2 is 1.88 bits per heavy atom. The fourth-order valence-electron chi connectivity index (χ4n) is 1.49. The van der Waals surface area contributed by atoms with E-state index in [1.165, 1.54) is 5.56 Å². The fraction of sp³-hybridized carbons (Fsp3) is 0.231. The highest BCUT2D eigenvalue weighted by molar-refractivity contribution is 9.10. The first kappa shape index (κ1) is 12.0. The molecule has 2 rings (SSSR count).